The molecule has 80 valence electrons. The summed E-state index contributed by atoms with van der Waals surface area (Å²) in [5.41, 5.74) is 7.18. The SMILES string of the molecule is Nc1c(Br)cc2c(oc3ccccc32)c1O. The lowest BCUT2D eigenvalue weighted by Gasteiger charge is -2.01. The number of hydrogen-bond donors (Lipinski definition) is 2. The van der Waals surface area contributed by atoms with Crippen molar-refractivity contribution in [2.75, 3.05) is 5.73 Å². The summed E-state index contributed by atoms with van der Waals surface area (Å²) in [6.45, 7) is 0. The van der Waals surface area contributed by atoms with Gasteiger partial charge in [0.05, 0.1) is 5.69 Å². The number of para-hydroxylation sites is 1. The number of furan rings is 1. The van der Waals surface area contributed by atoms with E-state index in [-0.39, 0.29) is 5.75 Å². The molecule has 0 radical (unpaired) electrons. The number of phenols is 1. The summed E-state index contributed by atoms with van der Waals surface area (Å²) in [6.07, 6.45) is 0. The van der Waals surface area contributed by atoms with Gasteiger partial charge >= 0.3 is 0 Å². The van der Waals surface area contributed by atoms with E-state index in [1.807, 2.05) is 30.3 Å². The third-order valence-corrected chi connectivity index (χ3v) is 3.29. The van der Waals surface area contributed by atoms with Crippen molar-refractivity contribution in [2.45, 2.75) is 0 Å². The van der Waals surface area contributed by atoms with Crippen molar-refractivity contribution >= 4 is 43.6 Å². The van der Waals surface area contributed by atoms with Gasteiger partial charge in [0.2, 0.25) is 0 Å². The highest BCUT2D eigenvalue weighted by atomic mass is 79.9. The number of rotatable bonds is 0. The van der Waals surface area contributed by atoms with Crippen molar-refractivity contribution in [3.8, 4) is 5.75 Å². The Balaban J connectivity index is 2.60. The van der Waals surface area contributed by atoms with Gasteiger partial charge in [-0.15, -0.1) is 0 Å². The highest BCUT2D eigenvalue weighted by molar-refractivity contribution is 9.10. The van der Waals surface area contributed by atoms with Gasteiger partial charge in [0, 0.05) is 15.2 Å². The normalized spacial score (nSPS) is 11.3. The first-order valence-electron chi connectivity index (χ1n) is 4.76. The van der Waals surface area contributed by atoms with Crippen LogP contribution >= 0.6 is 15.9 Å². The summed E-state index contributed by atoms with van der Waals surface area (Å²) in [5.74, 6) is -0.0134. The Hall–Kier alpha value is -1.68. The molecular weight excluding hydrogens is 270 g/mol. The van der Waals surface area contributed by atoms with Crippen LogP contribution in [0.3, 0.4) is 0 Å². The van der Waals surface area contributed by atoms with Gasteiger partial charge in [0.25, 0.3) is 0 Å². The molecule has 0 saturated heterocycles. The molecule has 2 aromatic carbocycles. The highest BCUT2D eigenvalue weighted by Gasteiger charge is 2.14. The lowest BCUT2D eigenvalue weighted by molar-refractivity contribution is 0.471. The van der Waals surface area contributed by atoms with E-state index in [1.54, 1.807) is 0 Å². The zero-order valence-corrected chi connectivity index (χ0v) is 9.78. The molecule has 0 unspecified atom stereocenters. The average molecular weight is 278 g/mol. The number of nitrogen functional groups attached to an aromatic ring is 1. The quantitative estimate of drug-likeness (QED) is 0.487. The maximum atomic E-state index is 9.89. The van der Waals surface area contributed by atoms with Crippen molar-refractivity contribution in [3.63, 3.8) is 0 Å². The van der Waals surface area contributed by atoms with E-state index in [0.717, 1.165) is 16.4 Å². The van der Waals surface area contributed by atoms with Crippen molar-refractivity contribution in [1.82, 2.24) is 0 Å². The molecule has 0 fully saturated rings. The second kappa shape index (κ2) is 3.15. The summed E-state index contributed by atoms with van der Waals surface area (Å²) in [6, 6.07) is 9.48. The molecule has 3 nitrogen and oxygen atoms in total. The van der Waals surface area contributed by atoms with E-state index in [0.29, 0.717) is 15.7 Å². The molecule has 0 aliphatic rings. The maximum absolute atomic E-state index is 9.89. The largest absolute Gasteiger partial charge is 0.503 e. The highest BCUT2D eigenvalue weighted by Crippen LogP contribution is 2.41. The summed E-state index contributed by atoms with van der Waals surface area (Å²) < 4.78 is 6.24. The van der Waals surface area contributed by atoms with Crippen LogP contribution < -0.4 is 5.73 Å². The molecule has 0 saturated carbocycles. The number of aromatic hydroxyl groups is 1. The Bertz CT molecular complexity index is 703. The number of fused-ring (bicyclic) bond motifs is 3. The predicted molar refractivity (Wildman–Crippen MR) is 67.5 cm³/mol. The molecule has 16 heavy (non-hydrogen) atoms. The maximum Gasteiger partial charge on any atom is 0.183 e. The number of hydrogen-bond acceptors (Lipinski definition) is 3. The van der Waals surface area contributed by atoms with Crippen molar-refractivity contribution in [3.05, 3.63) is 34.8 Å². The molecule has 3 N–H and O–H groups in total. The van der Waals surface area contributed by atoms with E-state index < -0.39 is 0 Å². The van der Waals surface area contributed by atoms with E-state index in [1.165, 1.54) is 0 Å². The van der Waals surface area contributed by atoms with Crippen LogP contribution in [-0.4, -0.2) is 5.11 Å². The number of benzene rings is 2. The Labute approximate surface area is 99.6 Å². The molecule has 0 amide bonds. The molecule has 0 atom stereocenters. The lowest BCUT2D eigenvalue weighted by atomic mass is 10.1. The zero-order chi connectivity index (χ0) is 11.3. The van der Waals surface area contributed by atoms with Gasteiger partial charge in [-0.05, 0) is 28.1 Å². The molecule has 0 aliphatic carbocycles. The van der Waals surface area contributed by atoms with Crippen LogP contribution in [0.5, 0.6) is 5.75 Å². The van der Waals surface area contributed by atoms with Crippen LogP contribution in [0.1, 0.15) is 0 Å². The van der Waals surface area contributed by atoms with Gasteiger partial charge in [-0.25, -0.2) is 0 Å². The molecule has 3 rings (SSSR count). The zero-order valence-electron chi connectivity index (χ0n) is 8.20. The van der Waals surface area contributed by atoms with E-state index in [9.17, 15) is 5.11 Å². The third-order valence-electron chi connectivity index (χ3n) is 2.63. The van der Waals surface area contributed by atoms with Crippen molar-refractivity contribution in [2.24, 2.45) is 0 Å². The van der Waals surface area contributed by atoms with Gasteiger partial charge in [0.15, 0.2) is 11.3 Å². The molecule has 0 aliphatic heterocycles. The second-order valence-electron chi connectivity index (χ2n) is 3.60. The van der Waals surface area contributed by atoms with E-state index in [2.05, 4.69) is 15.9 Å². The smallest absolute Gasteiger partial charge is 0.183 e. The fourth-order valence-corrected chi connectivity index (χ4v) is 2.24. The van der Waals surface area contributed by atoms with E-state index in [4.69, 9.17) is 10.2 Å². The summed E-state index contributed by atoms with van der Waals surface area (Å²) >= 11 is 3.31. The van der Waals surface area contributed by atoms with Gasteiger partial charge in [-0.3, -0.25) is 0 Å². The summed E-state index contributed by atoms with van der Waals surface area (Å²) in [5, 5.41) is 11.7. The minimum atomic E-state index is -0.0134. The molecular formula is C12H8BrNO2. The molecule has 4 heteroatoms. The first-order chi connectivity index (χ1) is 7.68. The fourth-order valence-electron chi connectivity index (χ4n) is 1.82. The Kier molecular flexibility index (Phi) is 1.88. The Morgan fingerprint density at radius 3 is 2.75 bits per heavy atom. The first-order valence-corrected chi connectivity index (χ1v) is 5.56. The Morgan fingerprint density at radius 1 is 1.19 bits per heavy atom. The van der Waals surface area contributed by atoms with Crippen LogP contribution in [0.4, 0.5) is 5.69 Å². The topological polar surface area (TPSA) is 59.4 Å². The van der Waals surface area contributed by atoms with Crippen LogP contribution in [0, 0.1) is 0 Å². The third kappa shape index (κ3) is 1.13. The second-order valence-corrected chi connectivity index (χ2v) is 4.45. The predicted octanol–water partition coefficient (Wildman–Crippen LogP) is 3.64. The van der Waals surface area contributed by atoms with Gasteiger partial charge in [0.1, 0.15) is 5.58 Å². The van der Waals surface area contributed by atoms with Crippen LogP contribution in [-0.2, 0) is 0 Å². The minimum Gasteiger partial charge on any atom is -0.503 e. The number of halogens is 1. The number of anilines is 1. The monoisotopic (exact) mass is 277 g/mol. The van der Waals surface area contributed by atoms with Crippen molar-refractivity contribution < 1.29 is 9.52 Å². The van der Waals surface area contributed by atoms with Gasteiger partial charge < -0.3 is 15.3 Å². The Morgan fingerprint density at radius 2 is 1.94 bits per heavy atom. The minimum absolute atomic E-state index is 0.0134. The standard InChI is InChI=1S/C12H8BrNO2/c13-8-5-7-6-3-1-2-4-9(6)16-12(7)11(15)10(8)14/h1-5,15H,14H2. The molecule has 1 aromatic heterocycles. The molecule has 3 aromatic rings. The molecule has 0 spiro atoms. The summed E-state index contributed by atoms with van der Waals surface area (Å²) in [7, 11) is 0. The van der Waals surface area contributed by atoms with Crippen LogP contribution in [0.2, 0.25) is 0 Å². The summed E-state index contributed by atoms with van der Waals surface area (Å²) in [4.78, 5) is 0. The van der Waals surface area contributed by atoms with Crippen LogP contribution in [0.25, 0.3) is 21.9 Å². The lowest BCUT2D eigenvalue weighted by Crippen LogP contribution is -1.87. The van der Waals surface area contributed by atoms with Crippen molar-refractivity contribution in [1.29, 1.82) is 0 Å². The molecule has 1 heterocycles. The average Bonchev–Trinajstić information content (AvgIpc) is 2.65. The fraction of sp³-hybridized carbons (Fsp3) is 0. The first kappa shape index (κ1) is 9.54. The molecule has 0 bridgehead atoms. The van der Waals surface area contributed by atoms with Crippen LogP contribution in [0.15, 0.2) is 39.2 Å². The van der Waals surface area contributed by atoms with Gasteiger partial charge in [-0.1, -0.05) is 18.2 Å². The van der Waals surface area contributed by atoms with Gasteiger partial charge in [-0.2, -0.15) is 0 Å². The number of phenolic OH excluding ortho intramolecular Hbond substituents is 1. The van der Waals surface area contributed by atoms with E-state index >= 15 is 0 Å². The number of nitrogens with two attached hydrogens (primary N) is 1.